The first-order valence-electron chi connectivity index (χ1n) is 7.90. The van der Waals surface area contributed by atoms with Crippen LogP contribution < -0.4 is 4.90 Å². The SMILES string of the molecule is N#CN1C[C@@H]2OCCN(c3cccc(-c4ccccc4)n3)[C@@H]2C1. The van der Waals surface area contributed by atoms with Crippen LogP contribution in [-0.4, -0.2) is 48.3 Å². The fourth-order valence-corrected chi connectivity index (χ4v) is 3.41. The fraction of sp³-hybridized carbons (Fsp3) is 0.333. The van der Waals surface area contributed by atoms with Gasteiger partial charge in [0.15, 0.2) is 6.19 Å². The molecule has 2 aliphatic rings. The first-order chi connectivity index (χ1) is 11.3. The van der Waals surface area contributed by atoms with Gasteiger partial charge in [0.25, 0.3) is 0 Å². The molecule has 2 fully saturated rings. The Morgan fingerprint density at radius 1 is 1.09 bits per heavy atom. The van der Waals surface area contributed by atoms with Crippen LogP contribution in [0.25, 0.3) is 11.3 Å². The molecule has 2 aliphatic heterocycles. The predicted octanol–water partition coefficient (Wildman–Crippen LogP) is 2.12. The summed E-state index contributed by atoms with van der Waals surface area (Å²) in [6.07, 6.45) is 2.32. The Bertz CT molecular complexity index is 727. The van der Waals surface area contributed by atoms with Gasteiger partial charge in [-0.2, -0.15) is 5.26 Å². The second-order valence-corrected chi connectivity index (χ2v) is 5.92. The van der Waals surface area contributed by atoms with Crippen molar-refractivity contribution in [2.45, 2.75) is 12.1 Å². The van der Waals surface area contributed by atoms with E-state index < -0.39 is 0 Å². The molecule has 1 aromatic heterocycles. The maximum Gasteiger partial charge on any atom is 0.179 e. The van der Waals surface area contributed by atoms with E-state index in [1.54, 1.807) is 4.90 Å². The molecule has 23 heavy (non-hydrogen) atoms. The lowest BCUT2D eigenvalue weighted by Gasteiger charge is -2.37. The van der Waals surface area contributed by atoms with Crippen LogP contribution in [0.4, 0.5) is 5.82 Å². The van der Waals surface area contributed by atoms with E-state index in [0.29, 0.717) is 19.7 Å². The fourth-order valence-electron chi connectivity index (χ4n) is 3.41. The number of aromatic nitrogens is 1. The van der Waals surface area contributed by atoms with E-state index in [1.165, 1.54) is 0 Å². The highest BCUT2D eigenvalue weighted by Gasteiger charge is 2.40. The Morgan fingerprint density at radius 2 is 1.96 bits per heavy atom. The zero-order valence-corrected chi connectivity index (χ0v) is 12.8. The number of anilines is 1. The molecule has 3 heterocycles. The molecule has 5 nitrogen and oxygen atoms in total. The summed E-state index contributed by atoms with van der Waals surface area (Å²) in [7, 11) is 0. The number of pyridine rings is 1. The van der Waals surface area contributed by atoms with Crippen molar-refractivity contribution >= 4 is 5.82 Å². The minimum absolute atomic E-state index is 0.0885. The number of rotatable bonds is 2. The van der Waals surface area contributed by atoms with Crippen molar-refractivity contribution in [2.75, 3.05) is 31.1 Å². The Balaban J connectivity index is 1.64. The Hall–Kier alpha value is -2.58. The number of ether oxygens (including phenoxy) is 1. The lowest BCUT2D eigenvalue weighted by atomic mass is 10.1. The van der Waals surface area contributed by atoms with Gasteiger partial charge in [-0.15, -0.1) is 0 Å². The second kappa shape index (κ2) is 5.90. The molecule has 0 bridgehead atoms. The number of fused-ring (bicyclic) bond motifs is 1. The standard InChI is InChI=1S/C18H18N4O/c19-13-21-11-16-17(12-21)23-10-9-22(16)18-8-4-7-15(20-18)14-5-2-1-3-6-14/h1-8,16-17H,9-12H2/t16-,17+/m1/s1. The van der Waals surface area contributed by atoms with Gasteiger partial charge >= 0.3 is 0 Å². The van der Waals surface area contributed by atoms with Crippen LogP contribution in [-0.2, 0) is 4.74 Å². The van der Waals surface area contributed by atoms with Gasteiger partial charge in [-0.1, -0.05) is 36.4 Å². The monoisotopic (exact) mass is 306 g/mol. The summed E-state index contributed by atoms with van der Waals surface area (Å²) in [6, 6.07) is 16.5. The largest absolute Gasteiger partial charge is 0.372 e. The van der Waals surface area contributed by atoms with Crippen LogP contribution in [0, 0.1) is 11.5 Å². The van der Waals surface area contributed by atoms with Gasteiger partial charge in [0.2, 0.25) is 0 Å². The van der Waals surface area contributed by atoms with Gasteiger partial charge in [-0.25, -0.2) is 4.98 Å². The van der Waals surface area contributed by atoms with E-state index in [-0.39, 0.29) is 12.1 Å². The molecule has 0 aliphatic carbocycles. The van der Waals surface area contributed by atoms with E-state index in [9.17, 15) is 0 Å². The third-order valence-corrected chi connectivity index (χ3v) is 4.54. The van der Waals surface area contributed by atoms with Crippen molar-refractivity contribution in [2.24, 2.45) is 0 Å². The van der Waals surface area contributed by atoms with Crippen LogP contribution in [0.3, 0.4) is 0 Å². The minimum atomic E-state index is 0.0885. The molecule has 116 valence electrons. The molecule has 2 atom stereocenters. The molecule has 0 N–H and O–H groups in total. The highest BCUT2D eigenvalue weighted by Crippen LogP contribution is 2.28. The third kappa shape index (κ3) is 2.62. The molecular weight excluding hydrogens is 288 g/mol. The number of hydrogen-bond acceptors (Lipinski definition) is 5. The summed E-state index contributed by atoms with van der Waals surface area (Å²) >= 11 is 0. The maximum absolute atomic E-state index is 9.15. The van der Waals surface area contributed by atoms with Crippen molar-refractivity contribution in [3.8, 4) is 17.5 Å². The van der Waals surface area contributed by atoms with Crippen LogP contribution in [0.1, 0.15) is 0 Å². The van der Waals surface area contributed by atoms with Crippen molar-refractivity contribution in [3.63, 3.8) is 0 Å². The first-order valence-corrected chi connectivity index (χ1v) is 7.90. The van der Waals surface area contributed by atoms with Gasteiger partial charge in [0.1, 0.15) is 5.82 Å². The molecule has 1 aromatic carbocycles. The maximum atomic E-state index is 9.15. The van der Waals surface area contributed by atoms with Crippen LogP contribution in [0.15, 0.2) is 48.5 Å². The molecule has 2 saturated heterocycles. The zero-order chi connectivity index (χ0) is 15.6. The molecule has 4 rings (SSSR count). The molecule has 0 radical (unpaired) electrons. The average Bonchev–Trinajstić information content (AvgIpc) is 3.06. The molecule has 2 aromatic rings. The molecule has 5 heteroatoms. The first kappa shape index (κ1) is 14.0. The highest BCUT2D eigenvalue weighted by atomic mass is 16.5. The van der Waals surface area contributed by atoms with Gasteiger partial charge < -0.3 is 14.5 Å². The van der Waals surface area contributed by atoms with Crippen molar-refractivity contribution in [3.05, 3.63) is 48.5 Å². The summed E-state index contributed by atoms with van der Waals surface area (Å²) in [6.45, 7) is 2.87. The van der Waals surface area contributed by atoms with Crippen LogP contribution in [0.5, 0.6) is 0 Å². The van der Waals surface area contributed by atoms with Crippen molar-refractivity contribution < 1.29 is 4.74 Å². The van der Waals surface area contributed by atoms with E-state index in [0.717, 1.165) is 23.6 Å². The van der Waals surface area contributed by atoms with Crippen LogP contribution in [0.2, 0.25) is 0 Å². The molecule has 0 amide bonds. The lowest BCUT2D eigenvalue weighted by molar-refractivity contribution is 0.0323. The third-order valence-electron chi connectivity index (χ3n) is 4.54. The van der Waals surface area contributed by atoms with Gasteiger partial charge in [-0.05, 0) is 12.1 Å². The number of nitriles is 1. The van der Waals surface area contributed by atoms with E-state index in [2.05, 4.69) is 23.2 Å². The Labute approximate surface area is 135 Å². The number of nitrogens with zero attached hydrogens (tertiary/aromatic N) is 4. The normalized spacial score (nSPS) is 23.4. The van der Waals surface area contributed by atoms with Gasteiger partial charge in [-0.3, -0.25) is 0 Å². The van der Waals surface area contributed by atoms with Crippen molar-refractivity contribution in [1.82, 2.24) is 9.88 Å². The summed E-state index contributed by atoms with van der Waals surface area (Å²) in [5, 5.41) is 9.15. The summed E-state index contributed by atoms with van der Waals surface area (Å²) in [5.41, 5.74) is 2.09. The smallest absolute Gasteiger partial charge is 0.179 e. The quantitative estimate of drug-likeness (QED) is 0.796. The minimum Gasteiger partial charge on any atom is -0.372 e. The number of morpholine rings is 1. The molecule has 0 unspecified atom stereocenters. The van der Waals surface area contributed by atoms with E-state index in [1.807, 2.05) is 36.4 Å². The van der Waals surface area contributed by atoms with Crippen molar-refractivity contribution in [1.29, 1.82) is 5.26 Å². The summed E-state index contributed by atoms with van der Waals surface area (Å²) in [4.78, 5) is 8.91. The van der Waals surface area contributed by atoms with E-state index >= 15 is 0 Å². The molecular formula is C18H18N4O. The lowest BCUT2D eigenvalue weighted by Crippen LogP contribution is -2.51. The number of likely N-dealkylation sites (tertiary alicyclic amines) is 1. The van der Waals surface area contributed by atoms with E-state index in [4.69, 9.17) is 15.0 Å². The second-order valence-electron chi connectivity index (χ2n) is 5.92. The predicted molar refractivity (Wildman–Crippen MR) is 87.7 cm³/mol. The van der Waals surface area contributed by atoms with Crippen LogP contribution >= 0.6 is 0 Å². The summed E-state index contributed by atoms with van der Waals surface area (Å²) < 4.78 is 5.84. The molecule has 0 spiro atoms. The highest BCUT2D eigenvalue weighted by molar-refractivity contribution is 5.61. The number of hydrogen-bond donors (Lipinski definition) is 0. The summed E-state index contributed by atoms with van der Waals surface area (Å²) in [5.74, 6) is 0.962. The average molecular weight is 306 g/mol. The molecule has 0 saturated carbocycles. The Morgan fingerprint density at radius 3 is 2.78 bits per heavy atom. The zero-order valence-electron chi connectivity index (χ0n) is 12.8. The van der Waals surface area contributed by atoms with Gasteiger partial charge in [0.05, 0.1) is 37.5 Å². The topological polar surface area (TPSA) is 52.4 Å². The number of benzene rings is 1. The van der Waals surface area contributed by atoms with Gasteiger partial charge in [0, 0.05) is 12.1 Å². The Kier molecular flexibility index (Phi) is 3.60.